The number of rotatable bonds is 0. The van der Waals surface area contributed by atoms with Crippen LogP contribution in [0.2, 0.25) is 0 Å². The van der Waals surface area contributed by atoms with Gasteiger partial charge in [-0.3, -0.25) is 4.99 Å². The van der Waals surface area contributed by atoms with Crippen LogP contribution in [0.4, 0.5) is 0 Å². The molecule has 0 N–H and O–H groups in total. The molecule has 0 bridgehead atoms. The normalized spacial score (nSPS) is 18.3. The molecule has 1 aliphatic heterocycles. The average molecular weight is 83.1 g/mol. The number of hydrogen-bond donors (Lipinski definition) is 0. The SMILES string of the molecule is C=C1CN=CO1. The molecule has 1 aliphatic rings. The minimum absolute atomic E-state index is 0.639. The van der Waals surface area contributed by atoms with Crippen molar-refractivity contribution in [2.45, 2.75) is 0 Å². The summed E-state index contributed by atoms with van der Waals surface area (Å²) in [6, 6.07) is 0. The molecule has 0 saturated carbocycles. The molecule has 0 atom stereocenters. The Morgan fingerprint density at radius 2 is 2.83 bits per heavy atom. The fourth-order valence-electron chi connectivity index (χ4n) is 0.288. The smallest absolute Gasteiger partial charge is 0.176 e. The van der Waals surface area contributed by atoms with E-state index in [0.717, 1.165) is 5.76 Å². The van der Waals surface area contributed by atoms with Gasteiger partial charge in [-0.05, 0) is 0 Å². The van der Waals surface area contributed by atoms with Crippen LogP contribution in [-0.2, 0) is 4.74 Å². The van der Waals surface area contributed by atoms with Gasteiger partial charge in [0.05, 0.1) is 6.54 Å². The molecule has 0 aliphatic carbocycles. The monoisotopic (exact) mass is 83.0 g/mol. The van der Waals surface area contributed by atoms with Crippen LogP contribution in [0.1, 0.15) is 0 Å². The largest absolute Gasteiger partial charge is 0.449 e. The first kappa shape index (κ1) is 3.40. The van der Waals surface area contributed by atoms with E-state index in [1.54, 1.807) is 0 Å². The predicted molar refractivity (Wildman–Crippen MR) is 23.6 cm³/mol. The van der Waals surface area contributed by atoms with Crippen molar-refractivity contribution >= 4 is 6.40 Å². The van der Waals surface area contributed by atoms with Crippen LogP contribution in [0.25, 0.3) is 0 Å². The molecule has 2 nitrogen and oxygen atoms in total. The summed E-state index contributed by atoms with van der Waals surface area (Å²) in [4.78, 5) is 3.72. The van der Waals surface area contributed by atoms with E-state index in [9.17, 15) is 0 Å². The highest BCUT2D eigenvalue weighted by Crippen LogP contribution is 1.96. The maximum Gasteiger partial charge on any atom is 0.176 e. The first-order chi connectivity index (χ1) is 2.89. The number of hydrogen-bond acceptors (Lipinski definition) is 2. The fraction of sp³-hybridized carbons (Fsp3) is 0.250. The van der Waals surface area contributed by atoms with Crippen molar-refractivity contribution in [1.29, 1.82) is 0 Å². The lowest BCUT2D eigenvalue weighted by Gasteiger charge is -1.83. The van der Waals surface area contributed by atoms with Crippen LogP contribution in [-0.4, -0.2) is 12.9 Å². The van der Waals surface area contributed by atoms with Gasteiger partial charge >= 0.3 is 0 Å². The second-order valence-electron chi connectivity index (χ2n) is 1.10. The second kappa shape index (κ2) is 1.12. The van der Waals surface area contributed by atoms with E-state index in [-0.39, 0.29) is 0 Å². The Labute approximate surface area is 36.1 Å². The molecule has 0 unspecified atom stereocenters. The minimum Gasteiger partial charge on any atom is -0.449 e. The third-order valence-corrected chi connectivity index (χ3v) is 0.562. The van der Waals surface area contributed by atoms with Crippen molar-refractivity contribution < 1.29 is 4.74 Å². The standard InChI is InChI=1S/C4H5NO/c1-4-2-5-3-6-4/h3H,1-2H2. The zero-order valence-corrected chi connectivity index (χ0v) is 3.35. The van der Waals surface area contributed by atoms with E-state index < -0.39 is 0 Å². The van der Waals surface area contributed by atoms with Gasteiger partial charge in [0.25, 0.3) is 0 Å². The molecule has 6 heavy (non-hydrogen) atoms. The zero-order valence-electron chi connectivity index (χ0n) is 3.35. The Hall–Kier alpha value is -0.790. The van der Waals surface area contributed by atoms with Crippen molar-refractivity contribution in [3.63, 3.8) is 0 Å². The van der Waals surface area contributed by atoms with Gasteiger partial charge in [-0.1, -0.05) is 6.58 Å². The van der Waals surface area contributed by atoms with Crippen molar-refractivity contribution in [2.24, 2.45) is 4.99 Å². The molecule has 1 rings (SSSR count). The topological polar surface area (TPSA) is 21.6 Å². The first-order valence-electron chi connectivity index (χ1n) is 1.72. The molecule has 0 amide bonds. The minimum atomic E-state index is 0.639. The molecule has 0 fully saturated rings. The molecule has 0 radical (unpaired) electrons. The van der Waals surface area contributed by atoms with Crippen LogP contribution >= 0.6 is 0 Å². The summed E-state index contributed by atoms with van der Waals surface area (Å²) >= 11 is 0. The Bertz CT molecular complexity index is 85.7. The first-order valence-corrected chi connectivity index (χ1v) is 1.72. The summed E-state index contributed by atoms with van der Waals surface area (Å²) in [6.07, 6.45) is 1.41. The number of ether oxygens (including phenoxy) is 1. The molecular weight excluding hydrogens is 78.0 g/mol. The Kier molecular flexibility index (Phi) is 0.638. The van der Waals surface area contributed by atoms with Gasteiger partial charge in [0.1, 0.15) is 5.76 Å². The van der Waals surface area contributed by atoms with Crippen molar-refractivity contribution in [1.82, 2.24) is 0 Å². The Morgan fingerprint density at radius 3 is 3.00 bits per heavy atom. The average Bonchev–Trinajstić information content (AvgIpc) is 1.86. The highest BCUT2D eigenvalue weighted by Gasteiger charge is 1.94. The van der Waals surface area contributed by atoms with Crippen molar-refractivity contribution in [3.8, 4) is 0 Å². The van der Waals surface area contributed by atoms with Gasteiger partial charge in [-0.2, -0.15) is 0 Å². The van der Waals surface area contributed by atoms with E-state index in [0.29, 0.717) is 6.54 Å². The van der Waals surface area contributed by atoms with E-state index >= 15 is 0 Å². The van der Waals surface area contributed by atoms with Crippen LogP contribution in [0.15, 0.2) is 17.3 Å². The van der Waals surface area contributed by atoms with Gasteiger partial charge < -0.3 is 4.74 Å². The molecule has 2 heteroatoms. The third-order valence-electron chi connectivity index (χ3n) is 0.562. The lowest BCUT2D eigenvalue weighted by molar-refractivity contribution is 0.458. The summed E-state index contributed by atoms with van der Waals surface area (Å²) < 4.78 is 4.67. The molecular formula is C4H5NO. The molecule has 0 aromatic heterocycles. The quantitative estimate of drug-likeness (QED) is 0.419. The lowest BCUT2D eigenvalue weighted by atomic mass is 10.6. The molecule has 0 saturated heterocycles. The highest BCUT2D eigenvalue weighted by atomic mass is 16.5. The van der Waals surface area contributed by atoms with Crippen LogP contribution < -0.4 is 0 Å². The van der Waals surface area contributed by atoms with Gasteiger partial charge in [-0.15, -0.1) is 0 Å². The fourth-order valence-corrected chi connectivity index (χ4v) is 0.288. The van der Waals surface area contributed by atoms with Crippen LogP contribution in [0, 0.1) is 0 Å². The van der Waals surface area contributed by atoms with Crippen LogP contribution in [0.5, 0.6) is 0 Å². The van der Waals surface area contributed by atoms with Crippen LogP contribution in [0.3, 0.4) is 0 Å². The molecule has 32 valence electrons. The van der Waals surface area contributed by atoms with E-state index in [1.807, 2.05) is 0 Å². The summed E-state index contributed by atoms with van der Waals surface area (Å²) in [5.74, 6) is 0.731. The third kappa shape index (κ3) is 0.407. The molecule has 1 heterocycles. The van der Waals surface area contributed by atoms with Crippen molar-refractivity contribution in [2.75, 3.05) is 6.54 Å². The number of nitrogens with zero attached hydrogens (tertiary/aromatic N) is 1. The summed E-state index contributed by atoms with van der Waals surface area (Å²) in [5.41, 5.74) is 0. The summed E-state index contributed by atoms with van der Waals surface area (Å²) in [7, 11) is 0. The Balaban J connectivity index is 2.52. The van der Waals surface area contributed by atoms with Crippen molar-refractivity contribution in [3.05, 3.63) is 12.3 Å². The summed E-state index contributed by atoms with van der Waals surface area (Å²) in [6.45, 7) is 4.15. The van der Waals surface area contributed by atoms with Gasteiger partial charge in [0.2, 0.25) is 0 Å². The predicted octanol–water partition coefficient (Wildman–Crippen LogP) is 0.559. The second-order valence-corrected chi connectivity index (χ2v) is 1.10. The zero-order chi connectivity index (χ0) is 4.41. The number of aliphatic imine (C=N–C) groups is 1. The van der Waals surface area contributed by atoms with E-state index in [2.05, 4.69) is 16.3 Å². The van der Waals surface area contributed by atoms with Gasteiger partial charge in [-0.25, -0.2) is 0 Å². The van der Waals surface area contributed by atoms with Gasteiger partial charge in [0, 0.05) is 0 Å². The lowest BCUT2D eigenvalue weighted by Crippen LogP contribution is -1.76. The molecule has 0 spiro atoms. The maximum atomic E-state index is 4.67. The molecule has 0 aromatic rings. The van der Waals surface area contributed by atoms with E-state index in [1.165, 1.54) is 6.40 Å². The Morgan fingerprint density at radius 1 is 2.00 bits per heavy atom. The summed E-state index contributed by atoms with van der Waals surface area (Å²) in [5, 5.41) is 0. The highest BCUT2D eigenvalue weighted by molar-refractivity contribution is 5.51. The van der Waals surface area contributed by atoms with Gasteiger partial charge in [0.15, 0.2) is 6.40 Å². The van der Waals surface area contributed by atoms with E-state index in [4.69, 9.17) is 0 Å². The maximum absolute atomic E-state index is 4.67. The molecule has 0 aromatic carbocycles.